The van der Waals surface area contributed by atoms with Crippen LogP contribution in [0.15, 0.2) is 24.3 Å². The van der Waals surface area contributed by atoms with Crippen LogP contribution in [0.4, 0.5) is 0 Å². The molecule has 3 atom stereocenters. The molecule has 0 aromatic heterocycles. The summed E-state index contributed by atoms with van der Waals surface area (Å²) in [4.78, 5) is 0. The minimum atomic E-state index is 0.562. The lowest BCUT2D eigenvalue weighted by Gasteiger charge is -2.25. The van der Waals surface area contributed by atoms with Gasteiger partial charge in [0.25, 0.3) is 0 Å². The minimum absolute atomic E-state index is 0.562. The van der Waals surface area contributed by atoms with Gasteiger partial charge in [-0.05, 0) is 43.7 Å². The number of aryl methyl sites for hydroxylation is 1. The molecule has 0 radical (unpaired) electrons. The van der Waals surface area contributed by atoms with Crippen LogP contribution in [-0.4, -0.2) is 6.54 Å². The third-order valence-electron chi connectivity index (χ3n) is 4.49. The van der Waals surface area contributed by atoms with Gasteiger partial charge < -0.3 is 5.32 Å². The first kappa shape index (κ1) is 13.6. The first-order valence-electron chi connectivity index (χ1n) is 7.54. The molecule has 0 bridgehead atoms. The van der Waals surface area contributed by atoms with Crippen molar-refractivity contribution < 1.29 is 0 Å². The van der Waals surface area contributed by atoms with Crippen molar-refractivity contribution in [3.63, 3.8) is 0 Å². The normalized spacial score (nSPS) is 25.3. The molecule has 1 N–H and O–H groups in total. The highest BCUT2D eigenvalue weighted by molar-refractivity contribution is 5.25. The zero-order valence-corrected chi connectivity index (χ0v) is 12.1. The number of benzene rings is 1. The van der Waals surface area contributed by atoms with Crippen LogP contribution in [0.5, 0.6) is 0 Å². The van der Waals surface area contributed by atoms with E-state index in [-0.39, 0.29) is 0 Å². The van der Waals surface area contributed by atoms with Crippen LogP contribution in [0.3, 0.4) is 0 Å². The van der Waals surface area contributed by atoms with Crippen LogP contribution in [0.25, 0.3) is 0 Å². The van der Waals surface area contributed by atoms with E-state index in [0.29, 0.717) is 6.04 Å². The largest absolute Gasteiger partial charge is 0.310 e. The summed E-state index contributed by atoms with van der Waals surface area (Å²) >= 11 is 0. The molecule has 1 heteroatoms. The molecule has 0 amide bonds. The number of rotatable bonds is 5. The van der Waals surface area contributed by atoms with Crippen LogP contribution >= 0.6 is 0 Å². The molecule has 1 aliphatic carbocycles. The summed E-state index contributed by atoms with van der Waals surface area (Å²) in [6, 6.07) is 9.66. The first-order chi connectivity index (χ1) is 8.74. The molecule has 0 spiro atoms. The van der Waals surface area contributed by atoms with Crippen molar-refractivity contribution in [3.05, 3.63) is 35.4 Å². The van der Waals surface area contributed by atoms with Gasteiger partial charge in [-0.2, -0.15) is 0 Å². The molecule has 1 saturated carbocycles. The Bertz CT molecular complexity index is 354. The summed E-state index contributed by atoms with van der Waals surface area (Å²) in [6.07, 6.45) is 5.57. The number of nitrogens with one attached hydrogen (secondary N) is 1. The van der Waals surface area contributed by atoms with Crippen LogP contribution in [0.2, 0.25) is 0 Å². The molecular formula is C17H27N. The predicted octanol–water partition coefficient (Wildman–Crippen LogP) is 4.47. The molecule has 2 rings (SSSR count). The topological polar surface area (TPSA) is 12.0 Å². The molecule has 0 saturated heterocycles. The third kappa shape index (κ3) is 3.14. The van der Waals surface area contributed by atoms with Crippen LogP contribution in [-0.2, 0) is 0 Å². The number of hydrogen-bond donors (Lipinski definition) is 1. The lowest BCUT2D eigenvalue weighted by atomic mass is 9.90. The second-order valence-corrected chi connectivity index (χ2v) is 5.79. The van der Waals surface area contributed by atoms with E-state index < -0.39 is 0 Å². The highest BCUT2D eigenvalue weighted by Gasteiger charge is 2.30. The van der Waals surface area contributed by atoms with Gasteiger partial charge >= 0.3 is 0 Å². The Balaban J connectivity index is 2.10. The van der Waals surface area contributed by atoms with Crippen molar-refractivity contribution in [2.24, 2.45) is 11.8 Å². The first-order valence-corrected chi connectivity index (χ1v) is 7.54. The maximum atomic E-state index is 3.70. The van der Waals surface area contributed by atoms with Crippen molar-refractivity contribution in [3.8, 4) is 0 Å². The predicted molar refractivity (Wildman–Crippen MR) is 78.7 cm³/mol. The summed E-state index contributed by atoms with van der Waals surface area (Å²) < 4.78 is 0. The fourth-order valence-electron chi connectivity index (χ4n) is 3.34. The molecule has 0 heterocycles. The van der Waals surface area contributed by atoms with Gasteiger partial charge in [0.1, 0.15) is 0 Å². The standard InChI is InChI=1S/C17H27N/c1-4-14-8-11-16(12-14)17(18-5-2)15-9-6-13(3)7-10-15/h6-7,9-10,14,16-18H,4-5,8,11-12H2,1-3H3. The molecule has 1 aromatic rings. The maximum absolute atomic E-state index is 3.70. The number of hydrogen-bond acceptors (Lipinski definition) is 1. The van der Waals surface area contributed by atoms with E-state index in [2.05, 4.69) is 50.4 Å². The van der Waals surface area contributed by atoms with E-state index in [4.69, 9.17) is 0 Å². The molecular weight excluding hydrogens is 218 g/mol. The summed E-state index contributed by atoms with van der Waals surface area (Å²) in [5.41, 5.74) is 2.83. The van der Waals surface area contributed by atoms with E-state index in [1.807, 2.05) is 0 Å². The van der Waals surface area contributed by atoms with Crippen molar-refractivity contribution >= 4 is 0 Å². The Morgan fingerprint density at radius 1 is 1.17 bits per heavy atom. The Hall–Kier alpha value is -0.820. The van der Waals surface area contributed by atoms with Gasteiger partial charge in [-0.15, -0.1) is 0 Å². The van der Waals surface area contributed by atoms with Gasteiger partial charge in [-0.1, -0.05) is 56.5 Å². The molecule has 1 fully saturated rings. The monoisotopic (exact) mass is 245 g/mol. The fraction of sp³-hybridized carbons (Fsp3) is 0.647. The Labute approximate surface area is 112 Å². The van der Waals surface area contributed by atoms with Crippen LogP contribution < -0.4 is 5.32 Å². The van der Waals surface area contributed by atoms with Crippen LogP contribution in [0.1, 0.15) is 56.7 Å². The Kier molecular flexibility index (Phi) is 4.82. The molecule has 0 aliphatic heterocycles. The maximum Gasteiger partial charge on any atom is 0.0348 e. The third-order valence-corrected chi connectivity index (χ3v) is 4.49. The molecule has 3 unspecified atom stereocenters. The van der Waals surface area contributed by atoms with Crippen molar-refractivity contribution in [2.75, 3.05) is 6.54 Å². The van der Waals surface area contributed by atoms with E-state index >= 15 is 0 Å². The second kappa shape index (κ2) is 6.38. The van der Waals surface area contributed by atoms with Gasteiger partial charge in [0.05, 0.1) is 0 Å². The second-order valence-electron chi connectivity index (χ2n) is 5.79. The smallest absolute Gasteiger partial charge is 0.0348 e. The van der Waals surface area contributed by atoms with Crippen molar-refractivity contribution in [1.82, 2.24) is 5.32 Å². The summed E-state index contributed by atoms with van der Waals surface area (Å²) in [7, 11) is 0. The fourth-order valence-corrected chi connectivity index (χ4v) is 3.34. The van der Waals surface area contributed by atoms with Gasteiger partial charge in [0.2, 0.25) is 0 Å². The van der Waals surface area contributed by atoms with E-state index in [0.717, 1.165) is 18.4 Å². The Morgan fingerprint density at radius 3 is 2.44 bits per heavy atom. The summed E-state index contributed by atoms with van der Waals surface area (Å²) in [5.74, 6) is 1.79. The van der Waals surface area contributed by atoms with Crippen molar-refractivity contribution in [1.29, 1.82) is 0 Å². The van der Waals surface area contributed by atoms with Gasteiger partial charge in [0.15, 0.2) is 0 Å². The highest BCUT2D eigenvalue weighted by Crippen LogP contribution is 2.40. The highest BCUT2D eigenvalue weighted by atomic mass is 14.9. The minimum Gasteiger partial charge on any atom is -0.310 e. The molecule has 1 nitrogen and oxygen atoms in total. The quantitative estimate of drug-likeness (QED) is 0.807. The SMILES string of the molecule is CCNC(c1ccc(C)cc1)C1CCC(CC)C1. The zero-order valence-electron chi connectivity index (χ0n) is 12.1. The van der Waals surface area contributed by atoms with E-state index in [9.17, 15) is 0 Å². The average Bonchev–Trinajstić information content (AvgIpc) is 2.86. The van der Waals surface area contributed by atoms with Gasteiger partial charge in [-0.3, -0.25) is 0 Å². The van der Waals surface area contributed by atoms with Crippen LogP contribution in [0, 0.1) is 18.8 Å². The lowest BCUT2D eigenvalue weighted by Crippen LogP contribution is -2.27. The zero-order chi connectivity index (χ0) is 13.0. The summed E-state index contributed by atoms with van der Waals surface area (Å²) in [5, 5.41) is 3.70. The van der Waals surface area contributed by atoms with E-state index in [1.165, 1.54) is 36.8 Å². The van der Waals surface area contributed by atoms with Gasteiger partial charge in [-0.25, -0.2) is 0 Å². The van der Waals surface area contributed by atoms with Crippen molar-refractivity contribution in [2.45, 2.75) is 52.5 Å². The van der Waals surface area contributed by atoms with E-state index in [1.54, 1.807) is 0 Å². The Morgan fingerprint density at radius 2 is 1.89 bits per heavy atom. The average molecular weight is 245 g/mol. The molecule has 18 heavy (non-hydrogen) atoms. The van der Waals surface area contributed by atoms with Gasteiger partial charge in [0, 0.05) is 6.04 Å². The summed E-state index contributed by atoms with van der Waals surface area (Å²) in [6.45, 7) is 7.77. The molecule has 1 aromatic carbocycles. The molecule has 1 aliphatic rings. The molecule has 100 valence electrons. The lowest BCUT2D eigenvalue weighted by molar-refractivity contribution is 0.359.